The Morgan fingerprint density at radius 2 is 2.19 bits per heavy atom. The number of nitriles is 1. The molecule has 0 spiro atoms. The second-order valence-corrected chi connectivity index (χ2v) is 5.98. The largest absolute Gasteiger partial charge is 0.434 e. The number of aliphatic hydroxyl groups is 1. The van der Waals surface area contributed by atoms with Gasteiger partial charge in [0, 0.05) is 36.0 Å². The summed E-state index contributed by atoms with van der Waals surface area (Å²) in [5.41, 5.74) is -1.30. The van der Waals surface area contributed by atoms with Gasteiger partial charge >= 0.3 is 6.18 Å². The molecule has 0 aliphatic carbocycles. The van der Waals surface area contributed by atoms with E-state index in [1.54, 1.807) is 0 Å². The van der Waals surface area contributed by atoms with E-state index >= 15 is 0 Å². The Balaban J connectivity index is 2.31. The number of aromatic nitrogens is 4. The number of H-pyrrole nitrogens is 1. The van der Waals surface area contributed by atoms with Gasteiger partial charge in [0.25, 0.3) is 5.56 Å². The van der Waals surface area contributed by atoms with Gasteiger partial charge in [0.15, 0.2) is 5.69 Å². The number of hydrogen-bond acceptors (Lipinski definition) is 5. The number of rotatable bonds is 4. The first-order valence-corrected chi connectivity index (χ1v) is 7.89. The quantitative estimate of drug-likeness (QED) is 0.726. The highest BCUT2D eigenvalue weighted by molar-refractivity contribution is 5.97. The summed E-state index contributed by atoms with van der Waals surface area (Å²) in [6, 6.07) is 4.30. The first-order valence-electron chi connectivity index (χ1n) is 7.89. The molecule has 0 aliphatic rings. The zero-order valence-corrected chi connectivity index (χ0v) is 14.1. The van der Waals surface area contributed by atoms with Gasteiger partial charge in [0.2, 0.25) is 0 Å². The van der Waals surface area contributed by atoms with Crippen molar-refractivity contribution >= 4 is 10.9 Å². The fourth-order valence-corrected chi connectivity index (χ4v) is 2.92. The van der Waals surface area contributed by atoms with Crippen LogP contribution in [0.3, 0.4) is 0 Å². The predicted molar refractivity (Wildman–Crippen MR) is 89.6 cm³/mol. The van der Waals surface area contributed by atoms with Crippen molar-refractivity contribution in [1.29, 1.82) is 5.26 Å². The molecule has 3 aromatic heterocycles. The maximum atomic E-state index is 13.5. The van der Waals surface area contributed by atoms with E-state index in [1.807, 2.05) is 6.07 Å². The predicted octanol–water partition coefficient (Wildman–Crippen LogP) is 2.39. The number of nitrogens with zero attached hydrogens (tertiary/aromatic N) is 4. The molecule has 10 heteroatoms. The summed E-state index contributed by atoms with van der Waals surface area (Å²) < 4.78 is 41.9. The van der Waals surface area contributed by atoms with Crippen LogP contribution in [0.4, 0.5) is 13.2 Å². The van der Waals surface area contributed by atoms with Crippen LogP contribution in [0.5, 0.6) is 0 Å². The lowest BCUT2D eigenvalue weighted by atomic mass is 10.1. The molecule has 0 saturated carbocycles. The van der Waals surface area contributed by atoms with E-state index in [2.05, 4.69) is 15.0 Å². The molecule has 0 unspecified atom stereocenters. The van der Waals surface area contributed by atoms with Gasteiger partial charge in [-0.1, -0.05) is 0 Å². The average molecular weight is 377 g/mol. The van der Waals surface area contributed by atoms with Gasteiger partial charge in [0.05, 0.1) is 29.8 Å². The molecule has 0 aromatic carbocycles. The van der Waals surface area contributed by atoms with Crippen molar-refractivity contribution < 1.29 is 18.3 Å². The number of hydrogen-bond donors (Lipinski definition) is 2. The zero-order chi connectivity index (χ0) is 19.8. The fraction of sp³-hybridized carbons (Fsp3) is 0.294. The van der Waals surface area contributed by atoms with Crippen LogP contribution < -0.4 is 5.56 Å². The molecule has 0 aliphatic heterocycles. The minimum atomic E-state index is -4.72. The lowest BCUT2D eigenvalue weighted by molar-refractivity contribution is -0.139. The number of aryl methyl sites for hydroxylation is 1. The van der Waals surface area contributed by atoms with Gasteiger partial charge in [-0.05, 0) is 13.0 Å². The molecule has 3 aromatic rings. The molecule has 0 radical (unpaired) electrons. The summed E-state index contributed by atoms with van der Waals surface area (Å²) in [7, 11) is 0. The van der Waals surface area contributed by atoms with Crippen LogP contribution in [0.1, 0.15) is 17.9 Å². The molecule has 140 valence electrons. The fourth-order valence-electron chi connectivity index (χ4n) is 2.92. The lowest BCUT2D eigenvalue weighted by Crippen LogP contribution is -2.14. The maximum absolute atomic E-state index is 13.5. The zero-order valence-electron chi connectivity index (χ0n) is 14.1. The van der Waals surface area contributed by atoms with Gasteiger partial charge in [-0.15, -0.1) is 0 Å². The maximum Gasteiger partial charge on any atom is 0.434 e. The topological polar surface area (TPSA) is 108 Å². The third-order valence-corrected chi connectivity index (χ3v) is 3.93. The van der Waals surface area contributed by atoms with E-state index < -0.39 is 23.5 Å². The summed E-state index contributed by atoms with van der Waals surface area (Å²) in [6.07, 6.45) is -3.55. The highest BCUT2D eigenvalue weighted by atomic mass is 19.4. The first kappa shape index (κ1) is 18.6. The molecular weight excluding hydrogens is 363 g/mol. The van der Waals surface area contributed by atoms with Crippen LogP contribution >= 0.6 is 0 Å². The Morgan fingerprint density at radius 3 is 2.81 bits per heavy atom. The van der Waals surface area contributed by atoms with E-state index in [1.165, 1.54) is 23.8 Å². The number of aliphatic hydroxyl groups excluding tert-OH is 1. The van der Waals surface area contributed by atoms with Crippen LogP contribution in [-0.4, -0.2) is 30.7 Å². The molecule has 2 N–H and O–H groups in total. The standard InChI is InChI=1S/C17H14F3N5O2/c1-9-23-12(6-14(27)24-9)11-8-25(7-10(26)2-4-21)13-3-5-22-16(15(11)13)17(18,19)20/h3,5-6,8,10,26H,2,7H2,1H3,(H,23,24,27)/t10-/m0/s1. The number of fused-ring (bicyclic) bond motifs is 1. The van der Waals surface area contributed by atoms with E-state index in [-0.39, 0.29) is 41.0 Å². The van der Waals surface area contributed by atoms with E-state index in [9.17, 15) is 23.1 Å². The van der Waals surface area contributed by atoms with Crippen LogP contribution in [0.2, 0.25) is 0 Å². The van der Waals surface area contributed by atoms with Crippen LogP contribution in [0, 0.1) is 18.3 Å². The third kappa shape index (κ3) is 3.68. The molecule has 1 atom stereocenters. The Bertz CT molecular complexity index is 1090. The van der Waals surface area contributed by atoms with Crippen molar-refractivity contribution in [3.63, 3.8) is 0 Å². The minimum absolute atomic E-state index is 0.0632. The molecule has 0 fully saturated rings. The van der Waals surface area contributed by atoms with Crippen molar-refractivity contribution in [2.45, 2.75) is 32.2 Å². The highest BCUT2D eigenvalue weighted by Gasteiger charge is 2.36. The van der Waals surface area contributed by atoms with Crippen LogP contribution in [0.15, 0.2) is 29.3 Å². The summed E-state index contributed by atoms with van der Waals surface area (Å²) in [5, 5.41) is 18.4. The molecule has 3 rings (SSSR count). The van der Waals surface area contributed by atoms with Crippen LogP contribution in [0.25, 0.3) is 22.2 Å². The Kier molecular flexibility index (Phi) is 4.72. The second kappa shape index (κ2) is 6.85. The monoisotopic (exact) mass is 377 g/mol. The van der Waals surface area contributed by atoms with Gasteiger partial charge in [-0.2, -0.15) is 18.4 Å². The van der Waals surface area contributed by atoms with Crippen molar-refractivity contribution in [3.8, 4) is 17.3 Å². The molecule has 0 amide bonds. The van der Waals surface area contributed by atoms with E-state index in [4.69, 9.17) is 5.26 Å². The van der Waals surface area contributed by atoms with Crippen molar-refractivity contribution in [2.24, 2.45) is 0 Å². The number of alkyl halides is 3. The summed E-state index contributed by atoms with van der Waals surface area (Å²) in [5.74, 6) is 0.250. The summed E-state index contributed by atoms with van der Waals surface area (Å²) >= 11 is 0. The Morgan fingerprint density at radius 1 is 1.44 bits per heavy atom. The number of aromatic amines is 1. The second-order valence-electron chi connectivity index (χ2n) is 5.98. The van der Waals surface area contributed by atoms with Gasteiger partial charge < -0.3 is 14.7 Å². The molecule has 0 bridgehead atoms. The summed E-state index contributed by atoms with van der Waals surface area (Å²) in [4.78, 5) is 21.8. The first-order chi connectivity index (χ1) is 12.7. The smallest absolute Gasteiger partial charge is 0.390 e. The number of halogens is 3. The van der Waals surface area contributed by atoms with Crippen molar-refractivity contribution in [1.82, 2.24) is 19.5 Å². The van der Waals surface area contributed by atoms with Gasteiger partial charge in [-0.3, -0.25) is 9.78 Å². The number of pyridine rings is 1. The summed E-state index contributed by atoms with van der Waals surface area (Å²) in [6.45, 7) is 1.43. The molecule has 7 nitrogen and oxygen atoms in total. The number of nitrogens with one attached hydrogen (secondary N) is 1. The van der Waals surface area contributed by atoms with Gasteiger partial charge in [-0.25, -0.2) is 4.98 Å². The molecule has 0 saturated heterocycles. The normalized spacial score (nSPS) is 12.9. The third-order valence-electron chi connectivity index (χ3n) is 3.93. The molecule has 27 heavy (non-hydrogen) atoms. The molecular formula is C17H14F3N5O2. The van der Waals surface area contributed by atoms with Crippen molar-refractivity contribution in [3.05, 3.63) is 46.4 Å². The van der Waals surface area contributed by atoms with E-state index in [0.717, 1.165) is 12.3 Å². The van der Waals surface area contributed by atoms with E-state index in [0.29, 0.717) is 0 Å². The minimum Gasteiger partial charge on any atom is -0.390 e. The van der Waals surface area contributed by atoms with Crippen molar-refractivity contribution in [2.75, 3.05) is 0 Å². The average Bonchev–Trinajstić information content (AvgIpc) is 2.92. The van der Waals surface area contributed by atoms with Crippen LogP contribution in [-0.2, 0) is 12.7 Å². The molecule has 3 heterocycles. The van der Waals surface area contributed by atoms with Gasteiger partial charge in [0.1, 0.15) is 5.82 Å². The highest BCUT2D eigenvalue weighted by Crippen LogP contribution is 2.38. The lowest BCUT2D eigenvalue weighted by Gasteiger charge is -2.11. The SMILES string of the molecule is Cc1nc(-c2cn(C[C@@H](O)CC#N)c3ccnc(C(F)(F)F)c23)cc(=O)[nH]1. The Labute approximate surface area is 150 Å². The Hall–Kier alpha value is -3.19.